The molecule has 3 nitrogen and oxygen atoms in total. The minimum absolute atomic E-state index is 0.0395. The zero-order valence-corrected chi connectivity index (χ0v) is 11.3. The summed E-state index contributed by atoms with van der Waals surface area (Å²) in [4.78, 5) is 11.4. The van der Waals surface area contributed by atoms with Crippen LogP contribution in [-0.2, 0) is 20.9 Å². The van der Waals surface area contributed by atoms with Crippen LogP contribution >= 0.6 is 15.9 Å². The van der Waals surface area contributed by atoms with Crippen molar-refractivity contribution in [1.82, 2.24) is 0 Å². The van der Waals surface area contributed by atoms with Gasteiger partial charge in [-0.25, -0.2) is 0 Å². The molecule has 1 aromatic rings. The Hall–Kier alpha value is -0.870. The van der Waals surface area contributed by atoms with Crippen LogP contribution in [0.4, 0.5) is 0 Å². The topological polar surface area (TPSA) is 35.5 Å². The van der Waals surface area contributed by atoms with Crippen molar-refractivity contribution in [1.29, 1.82) is 0 Å². The first-order chi connectivity index (χ1) is 8.20. The summed E-state index contributed by atoms with van der Waals surface area (Å²) in [5.41, 5.74) is 1.11. The summed E-state index contributed by atoms with van der Waals surface area (Å²) in [5, 5.41) is 0. The summed E-state index contributed by atoms with van der Waals surface area (Å²) >= 11 is 3.38. The summed E-state index contributed by atoms with van der Waals surface area (Å²) < 4.78 is 11.6. The highest BCUT2D eigenvalue weighted by Gasteiger charge is 2.45. The van der Waals surface area contributed by atoms with Crippen molar-refractivity contribution in [3.05, 3.63) is 34.3 Å². The Labute approximate surface area is 109 Å². The van der Waals surface area contributed by atoms with E-state index >= 15 is 0 Å². The van der Waals surface area contributed by atoms with Gasteiger partial charge in [-0.3, -0.25) is 4.79 Å². The van der Waals surface area contributed by atoms with E-state index in [9.17, 15) is 4.79 Å². The van der Waals surface area contributed by atoms with Gasteiger partial charge in [0.05, 0.1) is 25.2 Å². The third-order valence-electron chi connectivity index (χ3n) is 2.70. The molecule has 0 aromatic heterocycles. The van der Waals surface area contributed by atoms with Crippen LogP contribution in [0.25, 0.3) is 0 Å². The molecule has 17 heavy (non-hydrogen) atoms. The van der Waals surface area contributed by atoms with Gasteiger partial charge in [0, 0.05) is 4.47 Å². The highest BCUT2D eigenvalue weighted by atomic mass is 79.9. The third kappa shape index (κ3) is 3.54. The lowest BCUT2D eigenvalue weighted by Crippen LogP contribution is -2.10. The number of carbonyl (C=O) groups is 1. The van der Waals surface area contributed by atoms with Crippen LogP contribution in [-0.4, -0.2) is 18.7 Å². The predicted molar refractivity (Wildman–Crippen MR) is 67.5 cm³/mol. The highest BCUT2D eigenvalue weighted by Crippen LogP contribution is 2.35. The zero-order chi connectivity index (χ0) is 12.3. The van der Waals surface area contributed by atoms with Gasteiger partial charge in [0.25, 0.3) is 0 Å². The number of esters is 1. The summed E-state index contributed by atoms with van der Waals surface area (Å²) in [7, 11) is 0. The minimum atomic E-state index is -0.131. The molecule has 0 amide bonds. The van der Waals surface area contributed by atoms with E-state index in [2.05, 4.69) is 15.9 Å². The highest BCUT2D eigenvalue weighted by molar-refractivity contribution is 9.10. The normalized spacial score (nSPS) is 22.2. The van der Waals surface area contributed by atoms with Crippen LogP contribution in [0.3, 0.4) is 0 Å². The van der Waals surface area contributed by atoms with Gasteiger partial charge in [0.15, 0.2) is 0 Å². The molecule has 92 valence electrons. The molecule has 0 heterocycles. The number of carbonyl (C=O) groups excluding carboxylic acids is 1. The minimum Gasteiger partial charge on any atom is -0.466 e. The van der Waals surface area contributed by atoms with E-state index in [4.69, 9.17) is 9.47 Å². The van der Waals surface area contributed by atoms with Crippen LogP contribution < -0.4 is 0 Å². The maximum atomic E-state index is 11.4. The Kier molecular flexibility index (Phi) is 4.18. The molecule has 2 atom stereocenters. The maximum Gasteiger partial charge on any atom is 0.311 e. The predicted octanol–water partition coefficient (Wildman–Crippen LogP) is 2.92. The molecule has 0 aliphatic heterocycles. The standard InChI is InChI=1S/C13H15BrO3/c1-2-16-13(15)11-7-12(11)17-8-9-3-5-10(14)6-4-9/h3-6,11-12H,2,7-8H2,1H3/t11-,12-/m1/s1. The van der Waals surface area contributed by atoms with Crippen LogP contribution in [0.2, 0.25) is 0 Å². The molecule has 1 fully saturated rings. The lowest BCUT2D eigenvalue weighted by atomic mass is 10.2. The molecule has 4 heteroatoms. The molecule has 1 saturated carbocycles. The smallest absolute Gasteiger partial charge is 0.311 e. The van der Waals surface area contributed by atoms with Crippen molar-refractivity contribution in [2.45, 2.75) is 26.1 Å². The van der Waals surface area contributed by atoms with Crippen molar-refractivity contribution < 1.29 is 14.3 Å². The van der Waals surface area contributed by atoms with E-state index in [1.54, 1.807) is 0 Å². The van der Waals surface area contributed by atoms with E-state index in [0.29, 0.717) is 13.2 Å². The largest absolute Gasteiger partial charge is 0.466 e. The molecule has 1 aliphatic carbocycles. The molecule has 0 radical (unpaired) electrons. The lowest BCUT2D eigenvalue weighted by Gasteiger charge is -2.04. The summed E-state index contributed by atoms with van der Waals surface area (Å²) in [6.07, 6.45) is 0.827. The van der Waals surface area contributed by atoms with Crippen LogP contribution in [0.5, 0.6) is 0 Å². The average Bonchev–Trinajstić information content (AvgIpc) is 3.08. The van der Waals surface area contributed by atoms with Crippen molar-refractivity contribution in [3.8, 4) is 0 Å². The van der Waals surface area contributed by atoms with Crippen LogP contribution in [0.1, 0.15) is 18.9 Å². The summed E-state index contributed by atoms with van der Waals surface area (Å²) in [6, 6.07) is 7.97. The van der Waals surface area contributed by atoms with Crippen molar-refractivity contribution in [2.24, 2.45) is 5.92 Å². The van der Waals surface area contributed by atoms with Crippen LogP contribution in [0, 0.1) is 5.92 Å². The molecule has 0 N–H and O–H groups in total. The molecule has 1 aliphatic rings. The first-order valence-electron chi connectivity index (χ1n) is 5.73. The summed E-state index contributed by atoms with van der Waals surface area (Å²) in [5.74, 6) is -0.182. The molecule has 0 saturated heterocycles. The van der Waals surface area contributed by atoms with Gasteiger partial charge < -0.3 is 9.47 Å². The first-order valence-corrected chi connectivity index (χ1v) is 6.52. The molecule has 2 rings (SSSR count). The second kappa shape index (κ2) is 5.65. The Bertz CT molecular complexity index is 388. The van der Waals surface area contributed by atoms with Gasteiger partial charge in [-0.15, -0.1) is 0 Å². The van der Waals surface area contributed by atoms with Crippen molar-refractivity contribution >= 4 is 21.9 Å². The average molecular weight is 299 g/mol. The number of hydrogen-bond acceptors (Lipinski definition) is 3. The second-order valence-electron chi connectivity index (χ2n) is 4.07. The Balaban J connectivity index is 1.74. The molecule has 0 bridgehead atoms. The fourth-order valence-electron chi connectivity index (χ4n) is 1.64. The van der Waals surface area contributed by atoms with Crippen molar-refractivity contribution in [3.63, 3.8) is 0 Å². The van der Waals surface area contributed by atoms with E-state index in [1.165, 1.54) is 0 Å². The monoisotopic (exact) mass is 298 g/mol. The second-order valence-corrected chi connectivity index (χ2v) is 4.99. The number of ether oxygens (including phenoxy) is 2. The maximum absolute atomic E-state index is 11.4. The Morgan fingerprint density at radius 1 is 1.41 bits per heavy atom. The van der Waals surface area contributed by atoms with Gasteiger partial charge in [-0.1, -0.05) is 28.1 Å². The number of hydrogen-bond donors (Lipinski definition) is 0. The molecule has 0 unspecified atom stereocenters. The van der Waals surface area contributed by atoms with Gasteiger partial charge in [0.2, 0.25) is 0 Å². The number of halogens is 1. The van der Waals surface area contributed by atoms with Gasteiger partial charge in [-0.2, -0.15) is 0 Å². The van der Waals surface area contributed by atoms with Crippen molar-refractivity contribution in [2.75, 3.05) is 6.61 Å². The first kappa shape index (κ1) is 12.6. The molecular weight excluding hydrogens is 284 g/mol. The van der Waals surface area contributed by atoms with E-state index in [1.807, 2.05) is 31.2 Å². The fraction of sp³-hybridized carbons (Fsp3) is 0.462. The fourth-order valence-corrected chi connectivity index (χ4v) is 1.90. The van der Waals surface area contributed by atoms with Crippen LogP contribution in [0.15, 0.2) is 28.7 Å². The Morgan fingerprint density at radius 3 is 2.76 bits per heavy atom. The number of rotatable bonds is 5. The van der Waals surface area contributed by atoms with Gasteiger partial charge >= 0.3 is 5.97 Å². The van der Waals surface area contributed by atoms with E-state index in [0.717, 1.165) is 16.5 Å². The summed E-state index contributed by atoms with van der Waals surface area (Å²) in [6.45, 7) is 2.81. The number of benzene rings is 1. The Morgan fingerprint density at radius 2 is 2.12 bits per heavy atom. The lowest BCUT2D eigenvalue weighted by molar-refractivity contribution is -0.145. The van der Waals surface area contributed by atoms with E-state index < -0.39 is 0 Å². The SMILES string of the molecule is CCOC(=O)[C@@H]1C[C@H]1OCc1ccc(Br)cc1. The van der Waals surface area contributed by atoms with Gasteiger partial charge in [0.1, 0.15) is 0 Å². The van der Waals surface area contributed by atoms with E-state index in [-0.39, 0.29) is 18.0 Å². The third-order valence-corrected chi connectivity index (χ3v) is 3.23. The quantitative estimate of drug-likeness (QED) is 0.784. The molecule has 1 aromatic carbocycles. The van der Waals surface area contributed by atoms with Gasteiger partial charge in [-0.05, 0) is 31.0 Å². The molecular formula is C13H15BrO3. The molecule has 0 spiro atoms. The zero-order valence-electron chi connectivity index (χ0n) is 9.69.